The molecule has 32 heavy (non-hydrogen) atoms. The van der Waals surface area contributed by atoms with Gasteiger partial charge in [0.05, 0.1) is 31.3 Å². The van der Waals surface area contributed by atoms with Gasteiger partial charge in [-0.1, -0.05) is 0 Å². The van der Waals surface area contributed by atoms with Gasteiger partial charge in [0.25, 0.3) is 0 Å². The van der Waals surface area contributed by atoms with Crippen LogP contribution in [0.25, 0.3) is 10.9 Å². The Morgan fingerprint density at radius 3 is 2.72 bits per heavy atom. The number of hydrogen-bond donors (Lipinski definition) is 2. The number of benzene rings is 1. The molecule has 0 spiro atoms. The first-order valence-electron chi connectivity index (χ1n) is 10.3. The zero-order chi connectivity index (χ0) is 22.3. The summed E-state index contributed by atoms with van der Waals surface area (Å²) in [6.07, 6.45) is 10.2. The van der Waals surface area contributed by atoms with E-state index in [-0.39, 0.29) is 6.42 Å². The number of methoxy groups -OCH3 is 1. The maximum atomic E-state index is 10.8. The van der Waals surface area contributed by atoms with Gasteiger partial charge < -0.3 is 29.0 Å². The topological polar surface area (TPSA) is 103 Å². The molecule has 2 N–H and O–H groups in total. The van der Waals surface area contributed by atoms with Crippen LogP contribution in [-0.2, 0) is 17.9 Å². The Labute approximate surface area is 185 Å². The number of hydrogen-bond acceptors (Lipinski definition) is 6. The van der Waals surface area contributed by atoms with Crippen LogP contribution < -0.4 is 14.8 Å². The quantitative estimate of drug-likeness (QED) is 0.344. The number of carboxylic acid groups (broad SMARTS) is 1. The lowest BCUT2D eigenvalue weighted by atomic mass is 10.2. The molecule has 0 aliphatic carbocycles. The maximum Gasteiger partial charge on any atom is 0.305 e. The second-order valence-electron chi connectivity index (χ2n) is 7.27. The van der Waals surface area contributed by atoms with E-state index in [1.54, 1.807) is 7.11 Å². The molecule has 0 amide bonds. The second kappa shape index (κ2) is 9.86. The normalized spacial score (nSPS) is 10.9. The van der Waals surface area contributed by atoms with Crippen LogP contribution in [0.4, 0.5) is 11.5 Å². The number of nitrogens with zero attached hydrogens (tertiary/aromatic N) is 4. The fraction of sp³-hybridized carbons (Fsp3) is 0.261. The molecule has 0 saturated heterocycles. The molecule has 166 valence electrons. The van der Waals surface area contributed by atoms with E-state index in [2.05, 4.69) is 19.9 Å². The Morgan fingerprint density at radius 2 is 1.94 bits per heavy atom. The highest BCUT2D eigenvalue weighted by atomic mass is 16.5. The van der Waals surface area contributed by atoms with E-state index in [0.29, 0.717) is 30.5 Å². The molecule has 0 atom stereocenters. The number of anilines is 2. The number of aryl methyl sites for hydroxylation is 2. The predicted molar refractivity (Wildman–Crippen MR) is 121 cm³/mol. The molecule has 0 fully saturated rings. The van der Waals surface area contributed by atoms with Crippen LogP contribution in [0.15, 0.2) is 61.4 Å². The maximum absolute atomic E-state index is 10.8. The molecule has 0 aliphatic rings. The van der Waals surface area contributed by atoms with Crippen molar-refractivity contribution in [1.82, 2.24) is 19.1 Å². The molecular weight excluding hydrogens is 410 g/mol. The highest BCUT2D eigenvalue weighted by Crippen LogP contribution is 2.34. The average Bonchev–Trinajstić information content (AvgIpc) is 3.47. The van der Waals surface area contributed by atoms with Gasteiger partial charge in [-0.15, -0.1) is 0 Å². The van der Waals surface area contributed by atoms with Crippen molar-refractivity contribution in [3.05, 3.63) is 61.4 Å². The van der Waals surface area contributed by atoms with E-state index in [0.717, 1.165) is 29.6 Å². The summed E-state index contributed by atoms with van der Waals surface area (Å²) in [4.78, 5) is 19.5. The van der Waals surface area contributed by atoms with Crippen molar-refractivity contribution in [1.29, 1.82) is 0 Å². The lowest BCUT2D eigenvalue weighted by Gasteiger charge is -2.13. The van der Waals surface area contributed by atoms with Crippen molar-refractivity contribution in [2.45, 2.75) is 25.9 Å². The first-order chi connectivity index (χ1) is 15.6. The van der Waals surface area contributed by atoms with Crippen LogP contribution in [0, 0.1) is 0 Å². The summed E-state index contributed by atoms with van der Waals surface area (Å²) in [5.74, 6) is 1.04. The number of aliphatic carboxylic acids is 1. The standard InChI is InChI=1S/C23H25N5O4/c1-31-20-13-18-19(14-21(20)32-12-4-9-27-7-2-3-8-27)24-16-25-23(18)26-17-5-10-28(15-17)11-6-22(29)30/h2-3,5,7-8,10,13-16H,4,6,9,11-12H2,1H3,(H,29,30)(H,24,25,26). The van der Waals surface area contributed by atoms with Gasteiger partial charge in [-0.3, -0.25) is 4.79 Å². The second-order valence-corrected chi connectivity index (χ2v) is 7.27. The number of nitrogens with one attached hydrogen (secondary N) is 1. The van der Waals surface area contributed by atoms with Crippen LogP contribution >= 0.6 is 0 Å². The summed E-state index contributed by atoms with van der Waals surface area (Å²) >= 11 is 0. The van der Waals surface area contributed by atoms with Crippen LogP contribution in [0.5, 0.6) is 11.5 Å². The SMILES string of the molecule is COc1cc2c(Nc3ccn(CCC(=O)O)c3)ncnc2cc1OCCCn1cccc1. The van der Waals surface area contributed by atoms with E-state index in [4.69, 9.17) is 14.6 Å². The van der Waals surface area contributed by atoms with Crippen molar-refractivity contribution < 1.29 is 19.4 Å². The first kappa shape index (κ1) is 21.2. The zero-order valence-corrected chi connectivity index (χ0v) is 17.8. The minimum atomic E-state index is -0.829. The number of fused-ring (bicyclic) bond motifs is 1. The van der Waals surface area contributed by atoms with E-state index in [9.17, 15) is 4.79 Å². The number of carbonyl (C=O) groups is 1. The summed E-state index contributed by atoms with van der Waals surface area (Å²) in [7, 11) is 1.60. The van der Waals surface area contributed by atoms with Gasteiger partial charge in [-0.2, -0.15) is 0 Å². The Morgan fingerprint density at radius 1 is 1.09 bits per heavy atom. The number of rotatable bonds is 11. The molecule has 9 nitrogen and oxygen atoms in total. The van der Waals surface area contributed by atoms with Gasteiger partial charge in [-0.05, 0) is 30.7 Å². The molecule has 0 bridgehead atoms. The third-order valence-electron chi connectivity index (χ3n) is 5.00. The lowest BCUT2D eigenvalue weighted by Crippen LogP contribution is -2.04. The van der Waals surface area contributed by atoms with Gasteiger partial charge in [0, 0.05) is 49.3 Å². The summed E-state index contributed by atoms with van der Waals surface area (Å²) in [5, 5.41) is 12.9. The van der Waals surface area contributed by atoms with Gasteiger partial charge in [0.1, 0.15) is 12.1 Å². The van der Waals surface area contributed by atoms with Gasteiger partial charge >= 0.3 is 5.97 Å². The molecule has 0 aliphatic heterocycles. The van der Waals surface area contributed by atoms with Crippen molar-refractivity contribution in [2.75, 3.05) is 19.0 Å². The monoisotopic (exact) mass is 435 g/mol. The van der Waals surface area contributed by atoms with Crippen LogP contribution in [0.1, 0.15) is 12.8 Å². The van der Waals surface area contributed by atoms with E-state index in [1.165, 1.54) is 6.33 Å². The molecule has 4 aromatic rings. The summed E-state index contributed by atoms with van der Waals surface area (Å²) < 4.78 is 15.5. The Balaban J connectivity index is 1.48. The highest BCUT2D eigenvalue weighted by molar-refractivity contribution is 5.93. The van der Waals surface area contributed by atoms with E-state index < -0.39 is 5.97 Å². The Kier molecular flexibility index (Phi) is 6.54. The molecule has 0 saturated carbocycles. The highest BCUT2D eigenvalue weighted by Gasteiger charge is 2.12. The molecule has 3 heterocycles. The van der Waals surface area contributed by atoms with Crippen LogP contribution in [-0.4, -0.2) is 43.9 Å². The van der Waals surface area contributed by atoms with Gasteiger partial charge in [0.2, 0.25) is 0 Å². The van der Waals surface area contributed by atoms with Crippen LogP contribution in [0.2, 0.25) is 0 Å². The fourth-order valence-corrected chi connectivity index (χ4v) is 3.40. The number of aromatic nitrogens is 4. The molecule has 9 heteroatoms. The zero-order valence-electron chi connectivity index (χ0n) is 17.8. The molecule has 3 aromatic heterocycles. The lowest BCUT2D eigenvalue weighted by molar-refractivity contribution is -0.137. The average molecular weight is 435 g/mol. The molecular formula is C23H25N5O4. The van der Waals surface area contributed by atoms with E-state index in [1.807, 2.05) is 59.7 Å². The first-order valence-corrected chi connectivity index (χ1v) is 10.3. The minimum Gasteiger partial charge on any atom is -0.493 e. The molecule has 0 unspecified atom stereocenters. The largest absolute Gasteiger partial charge is 0.493 e. The Bertz CT molecular complexity index is 1190. The van der Waals surface area contributed by atoms with Crippen molar-refractivity contribution >= 4 is 28.4 Å². The molecule has 0 radical (unpaired) electrons. The summed E-state index contributed by atoms with van der Waals surface area (Å²) in [6, 6.07) is 9.59. The third-order valence-corrected chi connectivity index (χ3v) is 5.00. The molecule has 1 aromatic carbocycles. The van der Waals surface area contributed by atoms with Gasteiger partial charge in [-0.25, -0.2) is 9.97 Å². The minimum absolute atomic E-state index is 0.0654. The summed E-state index contributed by atoms with van der Waals surface area (Å²) in [6.45, 7) is 1.84. The smallest absolute Gasteiger partial charge is 0.305 e. The number of ether oxygens (including phenoxy) is 2. The summed E-state index contributed by atoms with van der Waals surface area (Å²) in [5.41, 5.74) is 1.54. The molecule has 4 rings (SSSR count). The van der Waals surface area contributed by atoms with Gasteiger partial charge in [0.15, 0.2) is 11.5 Å². The predicted octanol–water partition coefficient (Wildman–Crippen LogP) is 3.93. The van der Waals surface area contributed by atoms with Crippen molar-refractivity contribution in [3.8, 4) is 11.5 Å². The van der Waals surface area contributed by atoms with E-state index >= 15 is 0 Å². The fourth-order valence-electron chi connectivity index (χ4n) is 3.40. The Hall–Kier alpha value is -4.01. The number of carboxylic acids is 1. The third kappa shape index (κ3) is 5.18. The van der Waals surface area contributed by atoms with Crippen LogP contribution in [0.3, 0.4) is 0 Å². The van der Waals surface area contributed by atoms with Crippen molar-refractivity contribution in [2.24, 2.45) is 0 Å². The van der Waals surface area contributed by atoms with Crippen molar-refractivity contribution in [3.63, 3.8) is 0 Å².